The van der Waals surface area contributed by atoms with Gasteiger partial charge in [-0.15, -0.1) is 0 Å². The summed E-state index contributed by atoms with van der Waals surface area (Å²) in [6.45, 7) is 15.9. The van der Waals surface area contributed by atoms with Crippen LogP contribution in [0.2, 0.25) is 0 Å². The van der Waals surface area contributed by atoms with Gasteiger partial charge in [-0.1, -0.05) is 224 Å². The van der Waals surface area contributed by atoms with E-state index in [4.69, 9.17) is 43.0 Å². The van der Waals surface area contributed by atoms with E-state index in [1.165, 1.54) is 0 Å². The Morgan fingerprint density at radius 2 is 0.536 bits per heavy atom. The minimum Gasteiger partial charge on any atom is -0.309 e. The van der Waals surface area contributed by atoms with E-state index >= 15 is 0 Å². The minimum absolute atomic E-state index is 0.473. The highest BCUT2D eigenvalue weighted by molar-refractivity contribution is 6.14. The number of fused-ring (bicyclic) bond motifs is 6. The molecular formula is C100H58N12. The van der Waals surface area contributed by atoms with Gasteiger partial charge in [0.15, 0.2) is 46.3 Å². The van der Waals surface area contributed by atoms with E-state index < -0.39 is 0 Å². The molecule has 0 atom stereocenters. The Balaban J connectivity index is 0.868. The van der Waals surface area contributed by atoms with Crippen molar-refractivity contribution in [2.75, 3.05) is 0 Å². The Hall–Kier alpha value is -16.1. The molecule has 0 saturated carbocycles. The number of nitrogens with zero attached hydrogens (tertiary/aromatic N) is 12. The summed E-state index contributed by atoms with van der Waals surface area (Å²) in [6, 6.07) is 124. The fourth-order valence-electron chi connectivity index (χ4n) is 15.2. The van der Waals surface area contributed by atoms with E-state index in [-0.39, 0.29) is 0 Å². The fourth-order valence-corrected chi connectivity index (χ4v) is 15.2. The van der Waals surface area contributed by atoms with Gasteiger partial charge in [0.1, 0.15) is 0 Å². The van der Waals surface area contributed by atoms with Crippen molar-refractivity contribution in [3.63, 3.8) is 0 Å². The van der Waals surface area contributed by atoms with Crippen LogP contribution < -0.4 is 0 Å². The molecule has 4 aromatic heterocycles. The molecule has 0 fully saturated rings. The normalized spacial score (nSPS) is 11.2. The molecule has 0 aliphatic heterocycles. The third kappa shape index (κ3) is 12.5. The molecule has 0 spiro atoms. The molecule has 0 aliphatic rings. The summed E-state index contributed by atoms with van der Waals surface area (Å²) in [7, 11) is 0. The number of hydrogen-bond acceptors (Lipinski definition) is 8. The van der Waals surface area contributed by atoms with Crippen molar-refractivity contribution in [2.45, 2.75) is 0 Å². The lowest BCUT2D eigenvalue weighted by Crippen LogP contribution is -2.02. The molecule has 0 radical (unpaired) electrons. The van der Waals surface area contributed by atoms with E-state index in [0.717, 1.165) is 155 Å². The summed E-state index contributed by atoms with van der Waals surface area (Å²) in [6.07, 6.45) is 0. The first kappa shape index (κ1) is 66.6. The second kappa shape index (κ2) is 28.3. The molecule has 518 valence electrons. The van der Waals surface area contributed by atoms with Crippen LogP contribution in [0.3, 0.4) is 0 Å². The minimum atomic E-state index is 0.473. The van der Waals surface area contributed by atoms with Crippen molar-refractivity contribution < 1.29 is 0 Å². The second-order valence-electron chi connectivity index (χ2n) is 27.5. The molecular weight excluding hydrogens is 1370 g/mol. The predicted molar refractivity (Wildman–Crippen MR) is 449 cm³/mol. The molecule has 0 N–H and O–H groups in total. The molecule has 0 unspecified atom stereocenters. The van der Waals surface area contributed by atoms with Crippen LogP contribution in [-0.4, -0.2) is 39.0 Å². The first-order chi connectivity index (χ1) is 55.2. The van der Waals surface area contributed by atoms with Gasteiger partial charge in [0.25, 0.3) is 0 Å². The van der Waals surface area contributed by atoms with Gasteiger partial charge in [0.05, 0.1) is 64.2 Å². The summed E-state index contributed by atoms with van der Waals surface area (Å²) in [5, 5.41) is 24.2. The quantitative estimate of drug-likeness (QED) is 0.0979. The molecule has 12 heteroatoms. The summed E-state index contributed by atoms with van der Waals surface area (Å²) < 4.78 is 4.66. The Morgan fingerprint density at radius 1 is 0.232 bits per heavy atom. The van der Waals surface area contributed by atoms with E-state index in [2.05, 4.69) is 164 Å². The molecule has 19 rings (SSSR count). The molecule has 12 nitrogen and oxygen atoms in total. The van der Waals surface area contributed by atoms with Gasteiger partial charge in [-0.2, -0.15) is 10.5 Å². The van der Waals surface area contributed by atoms with Crippen LogP contribution in [0.5, 0.6) is 0 Å². The highest BCUT2D eigenvalue weighted by atomic mass is 15.1. The van der Waals surface area contributed by atoms with E-state index in [9.17, 15) is 10.5 Å². The SMILES string of the molecule is [C-]#[N+]c1cccc(-c2ccc3c(c2)c2cc(-c4cccc(C#N)c4)ccc2n3-c2cc(-c3cccc(-c4cc(-c5nc(-c6ccccc6)nc(-c6ccccc6)n5)ccc4-n4c5ccc(-c6cccc(C#N)c6)cc5c5cc(-c6cccc([N+]#[C-])c6)ccc54)c3)cc(-c3nc(-c4ccccc4)nc(-c4ccccc4)n3)c2)c1. The van der Waals surface area contributed by atoms with Crippen LogP contribution in [0.1, 0.15) is 11.1 Å². The molecule has 4 heterocycles. The van der Waals surface area contributed by atoms with E-state index in [1.54, 1.807) is 0 Å². The molecule has 15 aromatic carbocycles. The molecule has 0 amide bonds. The van der Waals surface area contributed by atoms with Gasteiger partial charge in [-0.25, -0.2) is 39.6 Å². The molecule has 0 saturated heterocycles. The maximum Gasteiger partial charge on any atom is 0.187 e. The van der Waals surface area contributed by atoms with Crippen molar-refractivity contribution in [1.29, 1.82) is 10.5 Å². The van der Waals surface area contributed by atoms with Gasteiger partial charge in [-0.3, -0.25) is 0 Å². The monoisotopic (exact) mass is 1430 g/mol. The van der Waals surface area contributed by atoms with Gasteiger partial charge in [0.2, 0.25) is 0 Å². The number of aromatic nitrogens is 8. The molecule has 0 aliphatic carbocycles. The zero-order chi connectivity index (χ0) is 75.2. The van der Waals surface area contributed by atoms with Crippen molar-refractivity contribution in [2.24, 2.45) is 0 Å². The zero-order valence-corrected chi connectivity index (χ0v) is 59.9. The first-order valence-corrected chi connectivity index (χ1v) is 36.5. The second-order valence-corrected chi connectivity index (χ2v) is 27.5. The Morgan fingerprint density at radius 3 is 0.938 bits per heavy atom. The number of nitriles is 2. The summed E-state index contributed by atoms with van der Waals surface area (Å²) >= 11 is 0. The van der Waals surface area contributed by atoms with Crippen molar-refractivity contribution in [3.8, 4) is 159 Å². The van der Waals surface area contributed by atoms with Crippen molar-refractivity contribution in [3.05, 3.63) is 386 Å². The van der Waals surface area contributed by atoms with Crippen molar-refractivity contribution in [1.82, 2.24) is 39.0 Å². The van der Waals surface area contributed by atoms with E-state index in [0.29, 0.717) is 57.4 Å². The predicted octanol–water partition coefficient (Wildman–Crippen LogP) is 25.1. The maximum absolute atomic E-state index is 10.1. The van der Waals surface area contributed by atoms with Crippen LogP contribution in [0.4, 0.5) is 11.4 Å². The van der Waals surface area contributed by atoms with Crippen LogP contribution in [-0.2, 0) is 0 Å². The Bertz CT molecular complexity index is 6830. The standard InChI is InChI=1S/C100H58N12/c1-103-82-36-18-33-72(52-82)76-39-44-92-87(58-76)86-56-74(69-30-15-20-63(48-69)61-101)38-43-91(86)111(92)84-54-80(51-81(55-84)100-109-97(67-26-11-5-12-27-67)106-98(110-100)68-28-13-6-14-29-68)71-32-17-35-78(50-71)85-60-79(99-107-95(65-22-7-3-8-23-65)105-96(108-99)66-24-9-4-10-25-66)42-47-90(85)112-93-45-40-75(70-31-16-21-64(49-70)62-102)57-88(93)89-59-77(41-46-94(89)112)73-34-19-37-83(53-73)104-2/h3-60H. The summed E-state index contributed by atoms with van der Waals surface area (Å²) in [5.74, 6) is 3.09. The van der Waals surface area contributed by atoms with Gasteiger partial charge in [0, 0.05) is 66.2 Å². The van der Waals surface area contributed by atoms with E-state index in [1.807, 2.05) is 218 Å². The van der Waals surface area contributed by atoms with Crippen LogP contribution in [0.25, 0.3) is 200 Å². The number of hydrogen-bond donors (Lipinski definition) is 0. The lowest BCUT2D eigenvalue weighted by Gasteiger charge is -2.18. The van der Waals surface area contributed by atoms with Gasteiger partial charge in [-0.05, 0) is 189 Å². The molecule has 0 bridgehead atoms. The average molecular weight is 1430 g/mol. The number of benzene rings is 15. The highest BCUT2D eigenvalue weighted by Crippen LogP contribution is 2.45. The lowest BCUT2D eigenvalue weighted by atomic mass is 9.95. The smallest absolute Gasteiger partial charge is 0.187 e. The molecule has 19 aromatic rings. The van der Waals surface area contributed by atoms with Crippen LogP contribution >= 0.6 is 0 Å². The maximum atomic E-state index is 10.1. The topological polar surface area (TPSA) is 144 Å². The zero-order valence-electron chi connectivity index (χ0n) is 59.9. The third-order valence-electron chi connectivity index (χ3n) is 20.6. The summed E-state index contributed by atoms with van der Waals surface area (Å²) in [5.41, 5.74) is 23.7. The van der Waals surface area contributed by atoms with Crippen LogP contribution in [0, 0.1) is 35.8 Å². The summed E-state index contributed by atoms with van der Waals surface area (Å²) in [4.78, 5) is 39.3. The largest absolute Gasteiger partial charge is 0.309 e. The third-order valence-corrected chi connectivity index (χ3v) is 20.6. The number of rotatable bonds is 14. The fraction of sp³-hybridized carbons (Fsp3) is 0. The van der Waals surface area contributed by atoms with Crippen molar-refractivity contribution >= 4 is 55.0 Å². The highest BCUT2D eigenvalue weighted by Gasteiger charge is 2.24. The Labute approximate surface area is 645 Å². The lowest BCUT2D eigenvalue weighted by molar-refractivity contribution is 1.07. The first-order valence-electron chi connectivity index (χ1n) is 36.5. The Kier molecular flexibility index (Phi) is 16.8. The molecule has 112 heavy (non-hydrogen) atoms. The average Bonchev–Trinajstić information content (AvgIpc) is 1.58. The van der Waals surface area contributed by atoms with Crippen LogP contribution in [0.15, 0.2) is 352 Å². The van der Waals surface area contributed by atoms with Gasteiger partial charge >= 0.3 is 0 Å². The van der Waals surface area contributed by atoms with Gasteiger partial charge < -0.3 is 9.13 Å².